The lowest BCUT2D eigenvalue weighted by molar-refractivity contribution is 0.501. The Labute approximate surface area is 113 Å². The Kier molecular flexibility index (Phi) is 2.37. The molecule has 0 unspecified atom stereocenters. The lowest BCUT2D eigenvalue weighted by atomic mass is 9.72. The van der Waals surface area contributed by atoms with Gasteiger partial charge in [-0.15, -0.1) is 6.58 Å². The fourth-order valence-electron chi connectivity index (χ4n) is 3.53. The number of benzene rings is 1. The lowest BCUT2D eigenvalue weighted by Gasteiger charge is -2.30. The van der Waals surface area contributed by atoms with Gasteiger partial charge in [0.15, 0.2) is 0 Å². The quantitative estimate of drug-likeness (QED) is 0.711. The summed E-state index contributed by atoms with van der Waals surface area (Å²) in [7, 11) is 0. The average Bonchev–Trinajstić information content (AvgIpc) is 3.17. The lowest BCUT2D eigenvalue weighted by Crippen LogP contribution is -2.24. The maximum atomic E-state index is 9.38. The molecular weight excluding hydrogens is 232 g/mol. The van der Waals surface area contributed by atoms with Crippen LogP contribution in [0.3, 0.4) is 0 Å². The van der Waals surface area contributed by atoms with Gasteiger partial charge >= 0.3 is 0 Å². The number of nitrogens with zero attached hydrogens (tertiary/aromatic N) is 2. The maximum absolute atomic E-state index is 9.38. The second kappa shape index (κ2) is 3.84. The molecule has 1 spiro atoms. The predicted molar refractivity (Wildman–Crippen MR) is 74.1 cm³/mol. The Balaban J connectivity index is 2.33. The van der Waals surface area contributed by atoms with E-state index in [2.05, 4.69) is 31.7 Å². The predicted octanol–water partition coefficient (Wildman–Crippen LogP) is 3.54. The first kappa shape index (κ1) is 11.8. The zero-order valence-corrected chi connectivity index (χ0v) is 10.9. The van der Waals surface area contributed by atoms with Crippen LogP contribution in [0.5, 0.6) is 0 Å². The first-order valence-electron chi connectivity index (χ1n) is 6.47. The molecule has 0 aromatic heterocycles. The van der Waals surface area contributed by atoms with Crippen LogP contribution in [0.2, 0.25) is 0 Å². The van der Waals surface area contributed by atoms with Gasteiger partial charge in [0, 0.05) is 5.41 Å². The molecule has 3 rings (SSSR count). The molecule has 0 N–H and O–H groups in total. The highest BCUT2D eigenvalue weighted by atomic mass is 14.6. The fraction of sp³-hybridized carbons (Fsp3) is 0.294. The summed E-state index contributed by atoms with van der Waals surface area (Å²) in [5.41, 5.74) is 3.35. The number of allylic oxidation sites excluding steroid dienone is 2. The van der Waals surface area contributed by atoms with Gasteiger partial charge < -0.3 is 0 Å². The van der Waals surface area contributed by atoms with Gasteiger partial charge in [0.25, 0.3) is 0 Å². The van der Waals surface area contributed by atoms with Crippen LogP contribution in [0, 0.1) is 34.5 Å². The van der Waals surface area contributed by atoms with Gasteiger partial charge in [-0.05, 0) is 41.5 Å². The average molecular weight is 246 g/mol. The Bertz CT molecular complexity index is 684. The third kappa shape index (κ3) is 1.35. The van der Waals surface area contributed by atoms with Gasteiger partial charge in [-0.3, -0.25) is 0 Å². The summed E-state index contributed by atoms with van der Waals surface area (Å²) >= 11 is 0. The van der Waals surface area contributed by atoms with Gasteiger partial charge in [0.05, 0.1) is 23.3 Å². The minimum atomic E-state index is -0.0102. The Morgan fingerprint density at radius 3 is 2.58 bits per heavy atom. The Hall–Kier alpha value is -2.32. The summed E-state index contributed by atoms with van der Waals surface area (Å²) in [5.74, 6) is 0.788. The van der Waals surface area contributed by atoms with Crippen molar-refractivity contribution in [1.29, 1.82) is 10.5 Å². The Morgan fingerprint density at radius 1 is 1.32 bits per heavy atom. The minimum absolute atomic E-state index is 0.0102. The molecule has 2 heteroatoms. The summed E-state index contributed by atoms with van der Waals surface area (Å²) in [6, 6.07) is 8.05. The van der Waals surface area contributed by atoms with E-state index < -0.39 is 0 Å². The second-order valence-electron chi connectivity index (χ2n) is 5.41. The third-order valence-electron chi connectivity index (χ3n) is 4.66. The molecule has 1 aromatic rings. The summed E-state index contributed by atoms with van der Waals surface area (Å²) < 4.78 is 0. The number of hydrogen-bond donors (Lipinski definition) is 0. The smallest absolute Gasteiger partial charge is 0.0998 e. The molecule has 2 aliphatic rings. The van der Waals surface area contributed by atoms with Crippen molar-refractivity contribution in [2.24, 2.45) is 11.8 Å². The van der Waals surface area contributed by atoms with Crippen molar-refractivity contribution < 1.29 is 0 Å². The molecule has 1 saturated carbocycles. The van der Waals surface area contributed by atoms with Gasteiger partial charge in [-0.25, -0.2) is 0 Å². The highest BCUT2D eigenvalue weighted by Gasteiger charge is 2.59. The van der Waals surface area contributed by atoms with Crippen LogP contribution in [-0.2, 0) is 5.41 Å². The zero-order chi connectivity index (χ0) is 13.6. The molecule has 0 bridgehead atoms. The van der Waals surface area contributed by atoms with E-state index in [1.165, 1.54) is 0 Å². The van der Waals surface area contributed by atoms with Crippen molar-refractivity contribution in [3.05, 3.63) is 53.1 Å². The van der Waals surface area contributed by atoms with Gasteiger partial charge in [-0.2, -0.15) is 10.5 Å². The SMILES string of the molecule is C=C[C@@H]1C[C@@]12c1c(C#N)ccc(C#N)c1C=C[C@H]2C. The van der Waals surface area contributed by atoms with Crippen molar-refractivity contribution in [1.82, 2.24) is 0 Å². The van der Waals surface area contributed by atoms with E-state index in [-0.39, 0.29) is 5.41 Å². The molecule has 0 saturated heterocycles. The highest BCUT2D eigenvalue weighted by molar-refractivity contribution is 5.72. The van der Waals surface area contributed by atoms with Gasteiger partial charge in [0.2, 0.25) is 0 Å². The van der Waals surface area contributed by atoms with E-state index in [0.717, 1.165) is 17.5 Å². The summed E-state index contributed by atoms with van der Waals surface area (Å²) in [6.45, 7) is 6.09. The van der Waals surface area contributed by atoms with Crippen LogP contribution in [0.4, 0.5) is 0 Å². The highest BCUT2D eigenvalue weighted by Crippen LogP contribution is 2.63. The minimum Gasteiger partial charge on any atom is -0.192 e. The Morgan fingerprint density at radius 2 is 2.00 bits per heavy atom. The van der Waals surface area contributed by atoms with Crippen molar-refractivity contribution in [2.75, 3.05) is 0 Å². The van der Waals surface area contributed by atoms with E-state index in [0.29, 0.717) is 23.0 Å². The molecule has 2 nitrogen and oxygen atoms in total. The summed E-state index contributed by atoms with van der Waals surface area (Å²) in [5, 5.41) is 18.6. The summed E-state index contributed by atoms with van der Waals surface area (Å²) in [4.78, 5) is 0. The van der Waals surface area contributed by atoms with Crippen LogP contribution >= 0.6 is 0 Å². The van der Waals surface area contributed by atoms with Crippen molar-refractivity contribution in [2.45, 2.75) is 18.8 Å². The van der Waals surface area contributed by atoms with E-state index in [1.54, 1.807) is 12.1 Å². The molecule has 0 heterocycles. The molecule has 1 fully saturated rings. The second-order valence-corrected chi connectivity index (χ2v) is 5.41. The van der Waals surface area contributed by atoms with Gasteiger partial charge in [0.1, 0.15) is 0 Å². The summed E-state index contributed by atoms with van der Waals surface area (Å²) in [6.07, 6.45) is 7.18. The van der Waals surface area contributed by atoms with Gasteiger partial charge in [-0.1, -0.05) is 25.2 Å². The molecule has 3 atom stereocenters. The first-order chi connectivity index (χ1) is 9.18. The normalized spacial score (nSPS) is 30.3. The number of hydrogen-bond acceptors (Lipinski definition) is 2. The first-order valence-corrected chi connectivity index (χ1v) is 6.47. The van der Waals surface area contributed by atoms with Crippen LogP contribution in [0.15, 0.2) is 30.9 Å². The van der Waals surface area contributed by atoms with Crippen molar-refractivity contribution in [3.8, 4) is 12.1 Å². The largest absolute Gasteiger partial charge is 0.192 e. The number of rotatable bonds is 1. The number of nitriles is 2. The monoisotopic (exact) mass is 246 g/mol. The topological polar surface area (TPSA) is 47.6 Å². The van der Waals surface area contributed by atoms with E-state index in [4.69, 9.17) is 0 Å². The molecule has 1 aromatic carbocycles. The van der Waals surface area contributed by atoms with E-state index in [9.17, 15) is 10.5 Å². The van der Waals surface area contributed by atoms with E-state index >= 15 is 0 Å². The molecule has 0 amide bonds. The van der Waals surface area contributed by atoms with Crippen LogP contribution in [0.25, 0.3) is 6.08 Å². The zero-order valence-electron chi connectivity index (χ0n) is 10.9. The standard InChI is InChI=1S/C17H14N2/c1-3-14-8-17(14)11(2)4-7-15-12(9-18)5-6-13(10-19)16(15)17/h3-7,11,14H,1,8H2,2H3/t11-,14-,17+/m1/s1. The molecular formula is C17H14N2. The number of fused-ring (bicyclic) bond motifs is 2. The van der Waals surface area contributed by atoms with Crippen LogP contribution in [-0.4, -0.2) is 0 Å². The van der Waals surface area contributed by atoms with Crippen LogP contribution < -0.4 is 0 Å². The molecule has 2 aliphatic carbocycles. The van der Waals surface area contributed by atoms with E-state index in [1.807, 2.05) is 12.2 Å². The molecule has 19 heavy (non-hydrogen) atoms. The van der Waals surface area contributed by atoms with Crippen molar-refractivity contribution >= 4 is 6.08 Å². The molecule has 92 valence electrons. The third-order valence-corrected chi connectivity index (χ3v) is 4.66. The van der Waals surface area contributed by atoms with Crippen molar-refractivity contribution in [3.63, 3.8) is 0 Å². The molecule has 0 aliphatic heterocycles. The molecule has 0 radical (unpaired) electrons. The van der Waals surface area contributed by atoms with Crippen LogP contribution in [0.1, 0.15) is 35.6 Å². The fourth-order valence-corrected chi connectivity index (χ4v) is 3.53. The maximum Gasteiger partial charge on any atom is 0.0998 e.